The van der Waals surface area contributed by atoms with Crippen LogP contribution in [0.5, 0.6) is 0 Å². The number of aromatic amines is 1. The highest BCUT2D eigenvalue weighted by molar-refractivity contribution is 5.03. The fraction of sp³-hybridized carbons (Fsp3) is 0.600. The van der Waals surface area contributed by atoms with Crippen LogP contribution in [0.2, 0.25) is 0 Å². The Kier molecular flexibility index (Phi) is 3.51. The van der Waals surface area contributed by atoms with Gasteiger partial charge in [-0.1, -0.05) is 0 Å². The molecule has 0 unspecified atom stereocenters. The van der Waals surface area contributed by atoms with Gasteiger partial charge < -0.3 is 15.4 Å². The standard InChI is InChI=1S/C10H18N2O/c1-10(2,13)8-11-7-5-9-4-3-6-12-9/h3-4,6,11-13H,5,7-8H2,1-2H3. The summed E-state index contributed by atoms with van der Waals surface area (Å²) >= 11 is 0. The summed E-state index contributed by atoms with van der Waals surface area (Å²) in [6, 6.07) is 4.05. The fourth-order valence-corrected chi connectivity index (χ4v) is 1.14. The maximum Gasteiger partial charge on any atom is 0.0715 e. The second kappa shape index (κ2) is 4.44. The maximum absolute atomic E-state index is 9.40. The molecule has 0 fully saturated rings. The van der Waals surface area contributed by atoms with Gasteiger partial charge in [-0.05, 0) is 32.4 Å². The van der Waals surface area contributed by atoms with E-state index in [4.69, 9.17) is 0 Å². The average molecular weight is 182 g/mol. The van der Waals surface area contributed by atoms with Gasteiger partial charge in [-0.15, -0.1) is 0 Å². The van der Waals surface area contributed by atoms with Crippen molar-refractivity contribution in [1.29, 1.82) is 0 Å². The lowest BCUT2D eigenvalue weighted by Crippen LogP contribution is -2.35. The number of hydrogen-bond acceptors (Lipinski definition) is 2. The first-order valence-electron chi connectivity index (χ1n) is 4.63. The lowest BCUT2D eigenvalue weighted by atomic mass is 10.1. The van der Waals surface area contributed by atoms with Crippen LogP contribution in [0.4, 0.5) is 0 Å². The van der Waals surface area contributed by atoms with E-state index in [9.17, 15) is 5.11 Å². The molecule has 0 amide bonds. The number of aliphatic hydroxyl groups is 1. The summed E-state index contributed by atoms with van der Waals surface area (Å²) in [6.07, 6.45) is 2.90. The molecule has 0 aliphatic carbocycles. The Morgan fingerprint density at radius 1 is 1.54 bits per heavy atom. The Bertz CT molecular complexity index is 224. The van der Waals surface area contributed by atoms with E-state index in [1.165, 1.54) is 5.69 Å². The van der Waals surface area contributed by atoms with Gasteiger partial charge >= 0.3 is 0 Å². The van der Waals surface area contributed by atoms with Gasteiger partial charge in [0.05, 0.1) is 5.60 Å². The Hall–Kier alpha value is -0.800. The number of hydrogen-bond donors (Lipinski definition) is 3. The molecule has 1 heterocycles. The highest BCUT2D eigenvalue weighted by Gasteiger charge is 2.10. The Morgan fingerprint density at radius 2 is 2.31 bits per heavy atom. The summed E-state index contributed by atoms with van der Waals surface area (Å²) < 4.78 is 0. The van der Waals surface area contributed by atoms with Crippen molar-refractivity contribution in [3.8, 4) is 0 Å². The predicted molar refractivity (Wildman–Crippen MR) is 53.7 cm³/mol. The third-order valence-corrected chi connectivity index (χ3v) is 1.79. The average Bonchev–Trinajstić information content (AvgIpc) is 2.48. The monoisotopic (exact) mass is 182 g/mol. The van der Waals surface area contributed by atoms with Gasteiger partial charge in [0, 0.05) is 25.0 Å². The van der Waals surface area contributed by atoms with Gasteiger partial charge in [0.2, 0.25) is 0 Å². The van der Waals surface area contributed by atoms with Crippen LogP contribution in [0, 0.1) is 0 Å². The van der Waals surface area contributed by atoms with Crippen LogP contribution < -0.4 is 5.32 Å². The summed E-state index contributed by atoms with van der Waals surface area (Å²) in [5.41, 5.74) is 0.610. The van der Waals surface area contributed by atoms with Crippen molar-refractivity contribution in [2.75, 3.05) is 13.1 Å². The normalized spacial score (nSPS) is 11.9. The van der Waals surface area contributed by atoms with E-state index in [-0.39, 0.29) is 0 Å². The van der Waals surface area contributed by atoms with Crippen LogP contribution >= 0.6 is 0 Å². The van der Waals surface area contributed by atoms with E-state index in [1.807, 2.05) is 12.3 Å². The summed E-state index contributed by atoms with van der Waals surface area (Å²) in [5, 5.41) is 12.6. The van der Waals surface area contributed by atoms with Crippen molar-refractivity contribution >= 4 is 0 Å². The van der Waals surface area contributed by atoms with Crippen molar-refractivity contribution in [2.45, 2.75) is 25.9 Å². The number of rotatable bonds is 5. The van der Waals surface area contributed by atoms with Crippen LogP contribution in [-0.4, -0.2) is 28.8 Å². The van der Waals surface area contributed by atoms with E-state index in [0.717, 1.165) is 13.0 Å². The minimum Gasteiger partial charge on any atom is -0.389 e. The van der Waals surface area contributed by atoms with E-state index in [1.54, 1.807) is 13.8 Å². The Labute approximate surface area is 79.2 Å². The van der Waals surface area contributed by atoms with Gasteiger partial charge in [-0.3, -0.25) is 0 Å². The van der Waals surface area contributed by atoms with E-state index in [2.05, 4.69) is 16.4 Å². The third-order valence-electron chi connectivity index (χ3n) is 1.79. The van der Waals surface area contributed by atoms with Gasteiger partial charge in [-0.2, -0.15) is 0 Å². The molecule has 3 nitrogen and oxygen atoms in total. The fourth-order valence-electron chi connectivity index (χ4n) is 1.14. The van der Waals surface area contributed by atoms with Crippen molar-refractivity contribution in [3.05, 3.63) is 24.0 Å². The smallest absolute Gasteiger partial charge is 0.0715 e. The van der Waals surface area contributed by atoms with Gasteiger partial charge in [-0.25, -0.2) is 0 Å². The molecule has 0 aliphatic rings. The van der Waals surface area contributed by atoms with Crippen LogP contribution in [0.1, 0.15) is 19.5 Å². The molecule has 0 radical (unpaired) electrons. The molecule has 13 heavy (non-hydrogen) atoms. The molecule has 3 N–H and O–H groups in total. The lowest BCUT2D eigenvalue weighted by Gasteiger charge is -2.17. The summed E-state index contributed by atoms with van der Waals surface area (Å²) in [4.78, 5) is 3.13. The SMILES string of the molecule is CC(C)(O)CNCCc1ccc[nH]1. The quantitative estimate of drug-likeness (QED) is 0.593. The zero-order valence-electron chi connectivity index (χ0n) is 8.30. The largest absolute Gasteiger partial charge is 0.389 e. The minimum absolute atomic E-state index is 0.615. The topological polar surface area (TPSA) is 48.0 Å². The summed E-state index contributed by atoms with van der Waals surface area (Å²) in [5.74, 6) is 0. The molecule has 74 valence electrons. The van der Waals surface area contributed by atoms with E-state index < -0.39 is 5.60 Å². The first-order chi connectivity index (χ1) is 6.08. The van der Waals surface area contributed by atoms with Crippen LogP contribution in [-0.2, 0) is 6.42 Å². The van der Waals surface area contributed by atoms with E-state index >= 15 is 0 Å². The molecule has 0 bridgehead atoms. The lowest BCUT2D eigenvalue weighted by molar-refractivity contribution is 0.0801. The van der Waals surface area contributed by atoms with Gasteiger partial charge in [0.25, 0.3) is 0 Å². The Balaban J connectivity index is 2.09. The van der Waals surface area contributed by atoms with Crippen molar-refractivity contribution in [2.24, 2.45) is 0 Å². The summed E-state index contributed by atoms with van der Waals surface area (Å²) in [6.45, 7) is 5.13. The predicted octanol–water partition coefficient (Wildman–Crippen LogP) is 0.918. The van der Waals surface area contributed by atoms with Crippen LogP contribution in [0.15, 0.2) is 18.3 Å². The molecule has 0 saturated carbocycles. The van der Waals surface area contributed by atoms with Crippen LogP contribution in [0.3, 0.4) is 0 Å². The second-order valence-corrected chi connectivity index (χ2v) is 3.93. The van der Waals surface area contributed by atoms with Crippen molar-refractivity contribution < 1.29 is 5.11 Å². The number of aromatic nitrogens is 1. The molecular weight excluding hydrogens is 164 g/mol. The molecule has 1 aromatic rings. The molecule has 0 saturated heterocycles. The Morgan fingerprint density at radius 3 is 2.85 bits per heavy atom. The second-order valence-electron chi connectivity index (χ2n) is 3.93. The summed E-state index contributed by atoms with van der Waals surface area (Å²) in [7, 11) is 0. The zero-order chi connectivity index (χ0) is 9.73. The van der Waals surface area contributed by atoms with Crippen LogP contribution in [0.25, 0.3) is 0 Å². The highest BCUT2D eigenvalue weighted by Crippen LogP contribution is 1.98. The molecule has 0 atom stereocenters. The van der Waals surface area contributed by atoms with E-state index in [0.29, 0.717) is 6.54 Å². The molecule has 0 spiro atoms. The number of nitrogens with one attached hydrogen (secondary N) is 2. The molecular formula is C10H18N2O. The molecule has 1 aromatic heterocycles. The van der Waals surface area contributed by atoms with Gasteiger partial charge in [0.15, 0.2) is 0 Å². The molecule has 0 aliphatic heterocycles. The maximum atomic E-state index is 9.40. The highest BCUT2D eigenvalue weighted by atomic mass is 16.3. The molecule has 3 heteroatoms. The first kappa shape index (κ1) is 10.3. The molecule has 0 aromatic carbocycles. The first-order valence-corrected chi connectivity index (χ1v) is 4.63. The van der Waals surface area contributed by atoms with Gasteiger partial charge in [0.1, 0.15) is 0 Å². The third kappa shape index (κ3) is 4.70. The minimum atomic E-state index is -0.615. The molecule has 1 rings (SSSR count). The van der Waals surface area contributed by atoms with Crippen molar-refractivity contribution in [3.63, 3.8) is 0 Å². The zero-order valence-corrected chi connectivity index (χ0v) is 8.30. The number of H-pyrrole nitrogens is 1. The van der Waals surface area contributed by atoms with Crippen molar-refractivity contribution in [1.82, 2.24) is 10.3 Å².